The molecule has 12 heteroatoms. The third-order valence-electron chi connectivity index (χ3n) is 8.19. The van der Waals surface area contributed by atoms with Crippen molar-refractivity contribution in [3.63, 3.8) is 0 Å². The summed E-state index contributed by atoms with van der Waals surface area (Å²) in [4.78, 5) is 15.2. The highest BCUT2D eigenvalue weighted by molar-refractivity contribution is 6.05. The van der Waals surface area contributed by atoms with E-state index >= 15 is 0 Å². The fraction of sp³-hybridized carbons (Fsp3) is 0.448. The Kier molecular flexibility index (Phi) is 6.76. The minimum Gasteiger partial charge on any atom is -0.386 e. The van der Waals surface area contributed by atoms with E-state index < -0.39 is 23.5 Å². The summed E-state index contributed by atoms with van der Waals surface area (Å²) in [6.45, 7) is 4.77. The number of aliphatic hydroxyl groups is 1. The van der Waals surface area contributed by atoms with Gasteiger partial charge in [0.25, 0.3) is 11.8 Å². The van der Waals surface area contributed by atoms with Crippen LogP contribution < -0.4 is 10.6 Å². The first kappa shape index (κ1) is 27.3. The monoisotopic (exact) mass is 562 g/mol. The first-order chi connectivity index (χ1) is 19.5. The molecule has 2 aliphatic rings. The number of benzene rings is 1. The molecule has 5 heterocycles. The van der Waals surface area contributed by atoms with Crippen LogP contribution in [0.1, 0.15) is 60.8 Å². The molecule has 3 aromatic heterocycles. The van der Waals surface area contributed by atoms with E-state index in [2.05, 4.69) is 15.7 Å². The Bertz CT molecular complexity index is 1660. The molecule has 2 saturated heterocycles. The maximum atomic E-state index is 14.5. The Morgan fingerprint density at radius 3 is 2.71 bits per heavy atom. The molecule has 4 aromatic rings. The van der Waals surface area contributed by atoms with E-state index in [0.717, 1.165) is 5.39 Å². The number of nitrogens with zero attached hydrogens (tertiary/aromatic N) is 6. The topological polar surface area (TPSA) is 124 Å². The number of anilines is 1. The average Bonchev–Trinajstić information content (AvgIpc) is 3.55. The molecule has 1 aromatic carbocycles. The van der Waals surface area contributed by atoms with E-state index in [1.807, 2.05) is 21.8 Å². The highest BCUT2D eigenvalue weighted by atomic mass is 19.3. The summed E-state index contributed by atoms with van der Waals surface area (Å²) in [7, 11) is 0. The number of carbonyl (C=O) groups is 1. The Labute approximate surface area is 235 Å². The lowest BCUT2D eigenvalue weighted by Crippen LogP contribution is -2.58. The van der Waals surface area contributed by atoms with E-state index in [-0.39, 0.29) is 18.3 Å². The van der Waals surface area contributed by atoms with Crippen molar-refractivity contribution in [2.75, 3.05) is 31.5 Å². The van der Waals surface area contributed by atoms with Gasteiger partial charge >= 0.3 is 0 Å². The molecule has 0 unspecified atom stereocenters. The molecule has 2 fully saturated rings. The number of rotatable bonds is 5. The summed E-state index contributed by atoms with van der Waals surface area (Å²) < 4.78 is 32.3. The van der Waals surface area contributed by atoms with Crippen molar-refractivity contribution in [1.82, 2.24) is 29.6 Å². The molecule has 2 aliphatic heterocycles. The zero-order valence-electron chi connectivity index (χ0n) is 22.9. The standard InChI is InChI=1S/C29H32F2N8O2/c1-28(2,41)22-13-23-19(12-24(22)35-27(40)25-4-3-21-11-18(14-32)15-34-39(21)25)16-38(36-23)20-6-9-37(10-7-20)26-5-8-33-17-29(26,30)31/h3-4,11-13,15-16,20,26,33,41H,5-10,17H2,1-2H3,(H,35,40)/t26-/m0/s1. The van der Waals surface area contributed by atoms with Crippen LogP contribution in [0.3, 0.4) is 0 Å². The summed E-state index contributed by atoms with van der Waals surface area (Å²) in [5.41, 5.74) is 1.65. The number of nitrogens with one attached hydrogen (secondary N) is 2. The highest BCUT2D eigenvalue weighted by Crippen LogP contribution is 2.35. The van der Waals surface area contributed by atoms with E-state index in [1.165, 1.54) is 10.7 Å². The van der Waals surface area contributed by atoms with Crippen molar-refractivity contribution in [2.45, 2.75) is 56.7 Å². The van der Waals surface area contributed by atoms with Gasteiger partial charge in [-0.2, -0.15) is 15.5 Å². The predicted octanol–water partition coefficient (Wildman–Crippen LogP) is 3.67. The Balaban J connectivity index is 1.24. The normalized spacial score (nSPS) is 20.3. The van der Waals surface area contributed by atoms with Crippen molar-refractivity contribution in [3.05, 3.63) is 59.5 Å². The van der Waals surface area contributed by atoms with Gasteiger partial charge in [-0.3, -0.25) is 14.4 Å². The number of hydrogen-bond acceptors (Lipinski definition) is 7. The molecule has 0 bridgehead atoms. The SMILES string of the molecule is CC(C)(O)c1cc2nn(C3CCN([C@H]4CCNCC4(F)F)CC3)cc2cc1NC(=O)c1ccc2cc(C#N)cnn12. The van der Waals surface area contributed by atoms with Crippen LogP contribution >= 0.6 is 0 Å². The van der Waals surface area contributed by atoms with Gasteiger partial charge in [0.1, 0.15) is 11.8 Å². The lowest BCUT2D eigenvalue weighted by atomic mass is 9.95. The van der Waals surface area contributed by atoms with Crippen molar-refractivity contribution in [2.24, 2.45) is 0 Å². The molecule has 0 saturated carbocycles. The molecular weight excluding hydrogens is 530 g/mol. The second-order valence-electron chi connectivity index (χ2n) is 11.5. The van der Waals surface area contributed by atoms with Gasteiger partial charge in [0, 0.05) is 35.9 Å². The van der Waals surface area contributed by atoms with Crippen molar-refractivity contribution >= 4 is 28.0 Å². The average molecular weight is 563 g/mol. The lowest BCUT2D eigenvalue weighted by molar-refractivity contribution is -0.101. The third kappa shape index (κ3) is 5.16. The van der Waals surface area contributed by atoms with Crippen LogP contribution in [0.15, 0.2) is 42.7 Å². The zero-order valence-corrected chi connectivity index (χ0v) is 22.9. The predicted molar refractivity (Wildman–Crippen MR) is 149 cm³/mol. The molecular formula is C29H32F2N8O2. The number of amides is 1. The quantitative estimate of drug-likeness (QED) is 0.339. The molecule has 10 nitrogen and oxygen atoms in total. The number of fused-ring (bicyclic) bond motifs is 2. The number of likely N-dealkylation sites (tertiary alicyclic amines) is 1. The first-order valence-electron chi connectivity index (χ1n) is 13.8. The zero-order chi connectivity index (χ0) is 28.9. The Morgan fingerprint density at radius 2 is 2.00 bits per heavy atom. The molecule has 6 rings (SSSR count). The molecule has 1 atom stereocenters. The van der Waals surface area contributed by atoms with Crippen LogP contribution in [0.2, 0.25) is 0 Å². The summed E-state index contributed by atoms with van der Waals surface area (Å²) in [6, 6.07) is 9.93. The molecule has 3 N–H and O–H groups in total. The second kappa shape index (κ2) is 10.2. The van der Waals surface area contributed by atoms with Crippen LogP contribution in [-0.2, 0) is 5.60 Å². The fourth-order valence-corrected chi connectivity index (χ4v) is 6.04. The summed E-state index contributed by atoms with van der Waals surface area (Å²) in [5, 5.41) is 35.6. The number of hydrogen-bond donors (Lipinski definition) is 3. The summed E-state index contributed by atoms with van der Waals surface area (Å²) in [5.74, 6) is -3.15. The van der Waals surface area contributed by atoms with Gasteiger partial charge in [0.15, 0.2) is 0 Å². The van der Waals surface area contributed by atoms with Gasteiger partial charge in [-0.1, -0.05) is 0 Å². The number of alkyl halides is 2. The van der Waals surface area contributed by atoms with Crippen molar-refractivity contribution in [1.29, 1.82) is 5.26 Å². The van der Waals surface area contributed by atoms with Crippen LogP contribution in [0, 0.1) is 11.3 Å². The summed E-state index contributed by atoms with van der Waals surface area (Å²) >= 11 is 0. The fourth-order valence-electron chi connectivity index (χ4n) is 6.04. The van der Waals surface area contributed by atoms with Crippen molar-refractivity contribution < 1.29 is 18.7 Å². The minimum atomic E-state index is -2.73. The van der Waals surface area contributed by atoms with Crippen molar-refractivity contribution in [3.8, 4) is 6.07 Å². The van der Waals surface area contributed by atoms with Crippen LogP contribution in [0.25, 0.3) is 16.4 Å². The number of aromatic nitrogens is 4. The van der Waals surface area contributed by atoms with E-state index in [1.54, 1.807) is 44.2 Å². The van der Waals surface area contributed by atoms with Gasteiger partial charge in [-0.15, -0.1) is 0 Å². The number of carbonyl (C=O) groups excluding carboxylic acids is 1. The van der Waals surface area contributed by atoms with Gasteiger partial charge < -0.3 is 15.7 Å². The summed E-state index contributed by atoms with van der Waals surface area (Å²) in [6.07, 6.45) is 5.16. The maximum Gasteiger partial charge on any atom is 0.275 e. The molecule has 0 radical (unpaired) electrons. The Hall–Kier alpha value is -3.92. The molecule has 1 amide bonds. The van der Waals surface area contributed by atoms with E-state index in [4.69, 9.17) is 10.4 Å². The molecule has 214 valence electrons. The van der Waals surface area contributed by atoms with Gasteiger partial charge in [0.05, 0.1) is 47.0 Å². The molecule has 0 aliphatic carbocycles. The van der Waals surface area contributed by atoms with Gasteiger partial charge in [-0.05, 0) is 70.0 Å². The number of nitriles is 1. The van der Waals surface area contributed by atoms with Crippen LogP contribution in [0.5, 0.6) is 0 Å². The molecule has 41 heavy (non-hydrogen) atoms. The maximum absolute atomic E-state index is 14.5. The van der Waals surface area contributed by atoms with E-state index in [0.29, 0.717) is 66.7 Å². The number of piperidine rings is 2. The smallest absolute Gasteiger partial charge is 0.275 e. The van der Waals surface area contributed by atoms with Crippen LogP contribution in [-0.4, -0.2) is 73.5 Å². The first-order valence-corrected chi connectivity index (χ1v) is 13.8. The third-order valence-corrected chi connectivity index (χ3v) is 8.19. The Morgan fingerprint density at radius 1 is 1.22 bits per heavy atom. The largest absolute Gasteiger partial charge is 0.386 e. The van der Waals surface area contributed by atoms with Gasteiger partial charge in [-0.25, -0.2) is 13.3 Å². The lowest BCUT2D eigenvalue weighted by Gasteiger charge is -2.43. The molecule has 0 spiro atoms. The highest BCUT2D eigenvalue weighted by Gasteiger charge is 2.45. The minimum absolute atomic E-state index is 0.0640. The van der Waals surface area contributed by atoms with Crippen LogP contribution in [0.4, 0.5) is 14.5 Å². The van der Waals surface area contributed by atoms with E-state index in [9.17, 15) is 18.7 Å². The second-order valence-corrected chi connectivity index (χ2v) is 11.5. The number of halogens is 2. The van der Waals surface area contributed by atoms with Gasteiger partial charge in [0.2, 0.25) is 0 Å².